The first-order valence-electron chi connectivity index (χ1n) is 9.03. The summed E-state index contributed by atoms with van der Waals surface area (Å²) in [5, 5.41) is 18.2. The highest BCUT2D eigenvalue weighted by Gasteiger charge is 2.15. The summed E-state index contributed by atoms with van der Waals surface area (Å²) in [6.45, 7) is 6.27. The first-order valence-corrected chi connectivity index (χ1v) is 9.82. The molecule has 4 N–H and O–H groups in total. The van der Waals surface area contributed by atoms with E-state index in [1.807, 2.05) is 0 Å². The Bertz CT molecular complexity index is 958. The summed E-state index contributed by atoms with van der Waals surface area (Å²) in [4.78, 5) is 4.37. The Kier molecular flexibility index (Phi) is 9.14. The van der Waals surface area contributed by atoms with Crippen LogP contribution in [0.4, 0.5) is 8.78 Å². The third-order valence-electron chi connectivity index (χ3n) is 3.45. The molecule has 0 aliphatic heterocycles. The quantitative estimate of drug-likeness (QED) is 0.584. The van der Waals surface area contributed by atoms with E-state index >= 15 is 0 Å². The summed E-state index contributed by atoms with van der Waals surface area (Å²) < 4.78 is 27.3. The second-order valence-corrected chi connectivity index (χ2v) is 8.52. The Hall–Kier alpha value is -2.29. The average Bonchev–Trinajstić information content (AvgIpc) is 2.59. The van der Waals surface area contributed by atoms with E-state index < -0.39 is 28.9 Å². The Labute approximate surface area is 184 Å². The lowest BCUT2D eigenvalue weighted by Gasteiger charge is -2.14. The molecule has 0 saturated carbocycles. The van der Waals surface area contributed by atoms with E-state index in [1.165, 1.54) is 12.1 Å². The van der Waals surface area contributed by atoms with Crippen molar-refractivity contribution in [3.05, 3.63) is 63.4 Å². The SMILES string of the molecule is C#CC(C)(C)O.CC(C)(O)C#Cc1ccc(Br)c([C@@H](N)Cc2cc(F)cc(F)c2)n1. The third kappa shape index (κ3) is 9.96. The monoisotopic (exact) mass is 478 g/mol. The van der Waals surface area contributed by atoms with Crippen molar-refractivity contribution < 1.29 is 19.0 Å². The molecule has 1 aromatic heterocycles. The van der Waals surface area contributed by atoms with E-state index in [-0.39, 0.29) is 6.42 Å². The predicted octanol–water partition coefficient (Wildman–Crippen LogP) is 3.88. The maximum Gasteiger partial charge on any atom is 0.126 e. The Morgan fingerprint density at radius 3 is 2.10 bits per heavy atom. The summed E-state index contributed by atoms with van der Waals surface area (Å²) in [6, 6.07) is 6.19. The highest BCUT2D eigenvalue weighted by molar-refractivity contribution is 9.10. The van der Waals surface area contributed by atoms with Crippen LogP contribution in [-0.2, 0) is 6.42 Å². The lowest BCUT2D eigenvalue weighted by atomic mass is 10.0. The lowest BCUT2D eigenvalue weighted by Crippen LogP contribution is -2.17. The number of terminal acetylenes is 1. The molecule has 0 amide bonds. The molecule has 0 aliphatic carbocycles. The first-order chi connectivity index (χ1) is 13.7. The van der Waals surface area contributed by atoms with Crippen LogP contribution < -0.4 is 5.73 Å². The highest BCUT2D eigenvalue weighted by atomic mass is 79.9. The van der Waals surface area contributed by atoms with Crippen molar-refractivity contribution in [2.75, 3.05) is 0 Å². The van der Waals surface area contributed by atoms with Crippen LogP contribution in [0.2, 0.25) is 0 Å². The second kappa shape index (κ2) is 10.7. The van der Waals surface area contributed by atoms with Crippen LogP contribution in [0.15, 0.2) is 34.8 Å². The van der Waals surface area contributed by atoms with Gasteiger partial charge in [-0.3, -0.25) is 0 Å². The maximum atomic E-state index is 13.3. The maximum absolute atomic E-state index is 13.3. The van der Waals surface area contributed by atoms with Crippen LogP contribution in [0.1, 0.15) is 50.7 Å². The molecule has 0 radical (unpaired) electrons. The fourth-order valence-electron chi connectivity index (χ4n) is 2.08. The molecule has 2 aromatic rings. The van der Waals surface area contributed by atoms with E-state index in [4.69, 9.17) is 17.3 Å². The van der Waals surface area contributed by atoms with E-state index in [9.17, 15) is 13.9 Å². The minimum absolute atomic E-state index is 0.225. The number of nitrogens with two attached hydrogens (primary N) is 1. The van der Waals surface area contributed by atoms with Gasteiger partial charge in [-0.25, -0.2) is 13.8 Å². The van der Waals surface area contributed by atoms with Gasteiger partial charge in [0.2, 0.25) is 0 Å². The molecular formula is C23H25BrF2N2O2. The first kappa shape index (κ1) is 25.7. The molecule has 7 heteroatoms. The van der Waals surface area contributed by atoms with Crippen molar-refractivity contribution >= 4 is 15.9 Å². The minimum Gasteiger partial charge on any atom is -0.378 e. The Morgan fingerprint density at radius 1 is 1.10 bits per heavy atom. The van der Waals surface area contributed by atoms with Gasteiger partial charge in [0.05, 0.1) is 11.7 Å². The molecule has 30 heavy (non-hydrogen) atoms. The zero-order chi connectivity index (χ0) is 23.1. The molecule has 1 aromatic carbocycles. The Morgan fingerprint density at radius 2 is 1.63 bits per heavy atom. The number of hydrogen-bond donors (Lipinski definition) is 3. The van der Waals surface area contributed by atoms with E-state index in [2.05, 4.69) is 38.7 Å². The number of pyridine rings is 1. The third-order valence-corrected chi connectivity index (χ3v) is 4.12. The zero-order valence-corrected chi connectivity index (χ0v) is 18.9. The largest absolute Gasteiger partial charge is 0.378 e. The summed E-state index contributed by atoms with van der Waals surface area (Å²) in [7, 11) is 0. The van der Waals surface area contributed by atoms with Gasteiger partial charge in [-0.15, -0.1) is 6.42 Å². The molecule has 1 atom stereocenters. The molecule has 0 bridgehead atoms. The topological polar surface area (TPSA) is 79.4 Å². The van der Waals surface area contributed by atoms with E-state index in [0.717, 1.165) is 6.07 Å². The standard InChI is InChI=1S/C18H17BrF2N2O.C5H8O/c1-18(2,24)6-5-14-3-4-15(19)17(23-14)16(22)9-11-7-12(20)10-13(21)8-11;1-4-5(2,3)6/h3-4,7-8,10,16,24H,9,22H2,1-2H3;1,6H,2-3H3/t16-;/m0./s1. The molecule has 0 fully saturated rings. The van der Waals surface area contributed by atoms with E-state index in [1.54, 1.807) is 39.8 Å². The van der Waals surface area contributed by atoms with Crippen LogP contribution in [0, 0.1) is 35.8 Å². The van der Waals surface area contributed by atoms with Crippen molar-refractivity contribution in [1.29, 1.82) is 0 Å². The van der Waals surface area contributed by atoms with Gasteiger partial charge in [-0.2, -0.15) is 0 Å². The number of nitrogens with zero attached hydrogens (tertiary/aromatic N) is 1. The summed E-state index contributed by atoms with van der Waals surface area (Å²) in [6.07, 6.45) is 5.03. The normalized spacial score (nSPS) is 12.0. The van der Waals surface area contributed by atoms with Crippen molar-refractivity contribution in [1.82, 2.24) is 4.98 Å². The van der Waals surface area contributed by atoms with Crippen molar-refractivity contribution in [2.45, 2.75) is 51.4 Å². The van der Waals surface area contributed by atoms with Gasteiger partial charge >= 0.3 is 0 Å². The Balaban J connectivity index is 0.000000656. The van der Waals surface area contributed by atoms with Gasteiger partial charge in [0.25, 0.3) is 0 Å². The summed E-state index contributed by atoms with van der Waals surface area (Å²) >= 11 is 3.38. The van der Waals surface area contributed by atoms with Gasteiger partial charge in [0.15, 0.2) is 0 Å². The highest BCUT2D eigenvalue weighted by Crippen LogP contribution is 2.24. The van der Waals surface area contributed by atoms with Gasteiger partial charge < -0.3 is 15.9 Å². The van der Waals surface area contributed by atoms with Crippen LogP contribution in [-0.4, -0.2) is 26.4 Å². The van der Waals surface area contributed by atoms with Gasteiger partial charge in [-0.1, -0.05) is 11.8 Å². The molecule has 4 nitrogen and oxygen atoms in total. The summed E-state index contributed by atoms with van der Waals surface area (Å²) in [5.74, 6) is 6.33. The van der Waals surface area contributed by atoms with Crippen molar-refractivity contribution in [3.63, 3.8) is 0 Å². The van der Waals surface area contributed by atoms with Crippen molar-refractivity contribution in [2.24, 2.45) is 5.73 Å². The van der Waals surface area contributed by atoms with Crippen LogP contribution in [0.5, 0.6) is 0 Å². The van der Waals surface area contributed by atoms with Crippen LogP contribution >= 0.6 is 15.9 Å². The number of halogens is 3. The fourth-order valence-corrected chi connectivity index (χ4v) is 2.60. The average molecular weight is 479 g/mol. The minimum atomic E-state index is -1.13. The number of benzene rings is 1. The molecular weight excluding hydrogens is 454 g/mol. The zero-order valence-electron chi connectivity index (χ0n) is 17.3. The van der Waals surface area contributed by atoms with Gasteiger partial charge in [-0.05, 0) is 85.8 Å². The van der Waals surface area contributed by atoms with Crippen LogP contribution in [0.3, 0.4) is 0 Å². The van der Waals surface area contributed by atoms with Crippen LogP contribution in [0.25, 0.3) is 0 Å². The molecule has 0 unspecified atom stereocenters. The lowest BCUT2D eigenvalue weighted by molar-refractivity contribution is 0.143. The number of hydrogen-bond acceptors (Lipinski definition) is 4. The summed E-state index contributed by atoms with van der Waals surface area (Å²) in [5.41, 5.74) is 5.52. The molecule has 2 rings (SSSR count). The fraction of sp³-hybridized carbons (Fsp3) is 0.348. The van der Waals surface area contributed by atoms with Gasteiger partial charge in [0.1, 0.15) is 28.5 Å². The number of rotatable bonds is 3. The molecule has 0 aliphatic rings. The predicted molar refractivity (Wildman–Crippen MR) is 117 cm³/mol. The smallest absolute Gasteiger partial charge is 0.126 e. The second-order valence-electron chi connectivity index (χ2n) is 7.66. The number of aliphatic hydroxyl groups is 2. The molecule has 160 valence electrons. The van der Waals surface area contributed by atoms with Gasteiger partial charge in [0, 0.05) is 10.5 Å². The van der Waals surface area contributed by atoms with E-state index in [0.29, 0.717) is 21.4 Å². The molecule has 0 saturated heterocycles. The molecule has 0 spiro atoms. The number of aromatic nitrogens is 1. The molecule has 1 heterocycles. The van der Waals surface area contributed by atoms with Crippen molar-refractivity contribution in [3.8, 4) is 24.2 Å².